The van der Waals surface area contributed by atoms with E-state index >= 15 is 0 Å². The number of halogens is 1. The lowest BCUT2D eigenvalue weighted by molar-refractivity contribution is 0.0950. The molecule has 3 heterocycles. The Balaban J connectivity index is 1.73. The van der Waals surface area contributed by atoms with Crippen LogP contribution >= 0.6 is 11.6 Å². The molecule has 24 heavy (non-hydrogen) atoms. The molecule has 0 saturated carbocycles. The van der Waals surface area contributed by atoms with Gasteiger partial charge in [0.25, 0.3) is 5.91 Å². The van der Waals surface area contributed by atoms with Crippen molar-refractivity contribution < 1.29 is 13.2 Å². The third-order valence-corrected chi connectivity index (χ3v) is 4.54. The number of fused-ring (bicyclic) bond motifs is 1. The van der Waals surface area contributed by atoms with E-state index in [0.717, 1.165) is 15.6 Å². The molecule has 0 aromatic carbocycles. The minimum absolute atomic E-state index is 0.188. The molecule has 0 radical (unpaired) electrons. The summed E-state index contributed by atoms with van der Waals surface area (Å²) < 4.78 is 23.8. The second-order valence-electron chi connectivity index (χ2n) is 5.18. The van der Waals surface area contributed by atoms with Crippen molar-refractivity contribution in [3.05, 3.63) is 59.3 Å². The fourth-order valence-corrected chi connectivity index (χ4v) is 2.86. The molecule has 0 atom stereocenters. The molecular formula is C15H13ClN4O3S. The first-order valence-corrected chi connectivity index (χ1v) is 9.13. The SMILES string of the molecule is CS(=O)(=O)n1ccc(C(=O)NCc2cc3nc(Cl)ccc3cn2)c1. The molecule has 3 aromatic rings. The molecule has 9 heteroatoms. The van der Waals surface area contributed by atoms with Gasteiger partial charge in [-0.25, -0.2) is 13.4 Å². The zero-order valence-corrected chi connectivity index (χ0v) is 14.2. The molecule has 124 valence electrons. The molecule has 0 spiro atoms. The van der Waals surface area contributed by atoms with Crippen molar-refractivity contribution in [1.82, 2.24) is 19.3 Å². The zero-order chi connectivity index (χ0) is 17.3. The Labute approximate surface area is 143 Å². The number of carbonyl (C=O) groups is 1. The number of aromatic nitrogens is 3. The van der Waals surface area contributed by atoms with Gasteiger partial charge in [0, 0.05) is 24.0 Å². The summed E-state index contributed by atoms with van der Waals surface area (Å²) in [5, 5.41) is 3.92. The summed E-state index contributed by atoms with van der Waals surface area (Å²) in [4.78, 5) is 20.5. The van der Waals surface area contributed by atoms with Gasteiger partial charge in [-0.05, 0) is 24.3 Å². The largest absolute Gasteiger partial charge is 0.346 e. The Kier molecular flexibility index (Phi) is 4.25. The Morgan fingerprint density at radius 3 is 2.83 bits per heavy atom. The highest BCUT2D eigenvalue weighted by atomic mass is 35.5. The molecule has 1 N–H and O–H groups in total. The number of pyridine rings is 2. The number of amides is 1. The van der Waals surface area contributed by atoms with Crippen LogP contribution in [0.25, 0.3) is 10.9 Å². The summed E-state index contributed by atoms with van der Waals surface area (Å²) >= 11 is 5.87. The average Bonchev–Trinajstić information content (AvgIpc) is 3.02. The number of hydrogen-bond donors (Lipinski definition) is 1. The van der Waals surface area contributed by atoms with Crippen LogP contribution in [0.2, 0.25) is 5.15 Å². The second-order valence-corrected chi connectivity index (χ2v) is 7.45. The van der Waals surface area contributed by atoms with Gasteiger partial charge in [-0.3, -0.25) is 13.8 Å². The maximum Gasteiger partial charge on any atom is 0.253 e. The smallest absolute Gasteiger partial charge is 0.253 e. The summed E-state index contributed by atoms with van der Waals surface area (Å²) in [6, 6.07) is 6.67. The minimum atomic E-state index is -3.41. The van der Waals surface area contributed by atoms with E-state index in [2.05, 4.69) is 15.3 Å². The van der Waals surface area contributed by atoms with Gasteiger partial charge >= 0.3 is 0 Å². The van der Waals surface area contributed by atoms with Crippen molar-refractivity contribution in [3.8, 4) is 0 Å². The molecule has 7 nitrogen and oxygen atoms in total. The molecule has 3 rings (SSSR count). The number of nitrogens with one attached hydrogen (secondary N) is 1. The van der Waals surface area contributed by atoms with Gasteiger partial charge in [-0.15, -0.1) is 0 Å². The third kappa shape index (κ3) is 3.55. The molecule has 0 aliphatic carbocycles. The Hall–Kier alpha value is -2.45. The van der Waals surface area contributed by atoms with Gasteiger partial charge in [0.1, 0.15) is 5.15 Å². The fraction of sp³-hybridized carbons (Fsp3) is 0.133. The van der Waals surface area contributed by atoms with Crippen molar-refractivity contribution >= 4 is 38.4 Å². The lowest BCUT2D eigenvalue weighted by Gasteiger charge is -2.05. The first-order chi connectivity index (χ1) is 11.3. The van der Waals surface area contributed by atoms with E-state index in [4.69, 9.17) is 11.6 Å². The summed E-state index contributed by atoms with van der Waals surface area (Å²) in [6.45, 7) is 0.188. The van der Waals surface area contributed by atoms with Gasteiger partial charge in [-0.1, -0.05) is 11.6 Å². The Morgan fingerprint density at radius 1 is 1.33 bits per heavy atom. The standard InChI is InChI=1S/C15H13ClN4O3S/c1-24(22,23)20-5-4-11(9-20)15(21)18-8-12-6-13-10(7-17-12)2-3-14(16)19-13/h2-7,9H,8H2,1H3,(H,18,21). The molecule has 0 aliphatic heterocycles. The van der Waals surface area contributed by atoms with Crippen LogP contribution in [-0.4, -0.2) is 34.5 Å². The predicted octanol–water partition coefficient (Wildman–Crippen LogP) is 1.82. The van der Waals surface area contributed by atoms with E-state index < -0.39 is 15.9 Å². The van der Waals surface area contributed by atoms with E-state index in [9.17, 15) is 13.2 Å². The van der Waals surface area contributed by atoms with Crippen LogP contribution in [0, 0.1) is 0 Å². The summed E-state index contributed by atoms with van der Waals surface area (Å²) in [5.41, 5.74) is 1.56. The van der Waals surface area contributed by atoms with Gasteiger partial charge < -0.3 is 5.32 Å². The second kappa shape index (κ2) is 6.21. The molecule has 0 bridgehead atoms. The zero-order valence-electron chi connectivity index (χ0n) is 12.6. The lowest BCUT2D eigenvalue weighted by atomic mass is 10.2. The normalized spacial score (nSPS) is 11.6. The minimum Gasteiger partial charge on any atom is -0.346 e. The van der Waals surface area contributed by atoms with Crippen molar-refractivity contribution in [2.24, 2.45) is 0 Å². The van der Waals surface area contributed by atoms with E-state index in [1.54, 1.807) is 18.3 Å². The monoisotopic (exact) mass is 364 g/mol. The van der Waals surface area contributed by atoms with Gasteiger partial charge in [-0.2, -0.15) is 0 Å². The molecule has 0 saturated heterocycles. The van der Waals surface area contributed by atoms with Crippen molar-refractivity contribution in [1.29, 1.82) is 0 Å². The predicted molar refractivity (Wildman–Crippen MR) is 90.4 cm³/mol. The van der Waals surface area contributed by atoms with Crippen LogP contribution in [0.4, 0.5) is 0 Å². The highest BCUT2D eigenvalue weighted by Crippen LogP contribution is 2.15. The highest BCUT2D eigenvalue weighted by molar-refractivity contribution is 7.89. The summed E-state index contributed by atoms with van der Waals surface area (Å²) in [6.07, 6.45) is 5.30. The maximum atomic E-state index is 12.1. The number of carbonyl (C=O) groups excluding carboxylic acids is 1. The Bertz CT molecular complexity index is 1030. The van der Waals surface area contributed by atoms with E-state index in [1.165, 1.54) is 18.5 Å². The van der Waals surface area contributed by atoms with E-state index in [1.807, 2.05) is 6.07 Å². The average molecular weight is 365 g/mol. The number of nitrogens with zero attached hydrogens (tertiary/aromatic N) is 3. The molecule has 1 amide bonds. The topological polar surface area (TPSA) is 94.0 Å². The quantitative estimate of drug-likeness (QED) is 0.713. The van der Waals surface area contributed by atoms with Crippen LogP contribution in [0.15, 0.2) is 42.9 Å². The lowest BCUT2D eigenvalue weighted by Crippen LogP contribution is -2.23. The molecule has 0 fully saturated rings. The van der Waals surface area contributed by atoms with Gasteiger partial charge in [0.2, 0.25) is 10.0 Å². The molecular weight excluding hydrogens is 352 g/mol. The summed E-state index contributed by atoms with van der Waals surface area (Å²) in [5.74, 6) is -0.390. The first-order valence-electron chi connectivity index (χ1n) is 6.91. The van der Waals surface area contributed by atoms with Crippen LogP contribution in [0.1, 0.15) is 16.1 Å². The van der Waals surface area contributed by atoms with E-state index in [0.29, 0.717) is 16.4 Å². The molecule has 0 unspecified atom stereocenters. The first kappa shape index (κ1) is 16.4. The van der Waals surface area contributed by atoms with Crippen LogP contribution in [-0.2, 0) is 16.6 Å². The van der Waals surface area contributed by atoms with E-state index in [-0.39, 0.29) is 12.1 Å². The van der Waals surface area contributed by atoms with Crippen LogP contribution in [0.5, 0.6) is 0 Å². The highest BCUT2D eigenvalue weighted by Gasteiger charge is 2.11. The van der Waals surface area contributed by atoms with Crippen LogP contribution < -0.4 is 5.32 Å². The maximum absolute atomic E-state index is 12.1. The van der Waals surface area contributed by atoms with Crippen LogP contribution in [0.3, 0.4) is 0 Å². The van der Waals surface area contributed by atoms with Gasteiger partial charge in [0.05, 0.1) is 29.6 Å². The van der Waals surface area contributed by atoms with Gasteiger partial charge in [0.15, 0.2) is 0 Å². The fourth-order valence-electron chi connectivity index (χ4n) is 2.12. The number of rotatable bonds is 4. The molecule has 0 aliphatic rings. The van der Waals surface area contributed by atoms with Crippen molar-refractivity contribution in [2.75, 3.05) is 6.26 Å². The van der Waals surface area contributed by atoms with Crippen molar-refractivity contribution in [2.45, 2.75) is 6.54 Å². The Morgan fingerprint density at radius 2 is 2.12 bits per heavy atom. The molecule has 3 aromatic heterocycles. The third-order valence-electron chi connectivity index (χ3n) is 3.34. The number of hydrogen-bond acceptors (Lipinski definition) is 5. The summed E-state index contributed by atoms with van der Waals surface area (Å²) in [7, 11) is -3.41. The van der Waals surface area contributed by atoms with Crippen molar-refractivity contribution in [3.63, 3.8) is 0 Å².